The lowest BCUT2D eigenvalue weighted by Crippen LogP contribution is -2.16. The van der Waals surface area contributed by atoms with E-state index < -0.39 is 21.4 Å². The molecule has 1 N–H and O–H groups in total. The number of nitrogens with zero attached hydrogens (tertiary/aromatic N) is 1. The molecule has 0 aliphatic heterocycles. The van der Waals surface area contributed by atoms with Crippen molar-refractivity contribution in [2.45, 2.75) is 11.3 Å². The number of aryl methyl sites for hydroxylation is 1. The van der Waals surface area contributed by atoms with Crippen LogP contribution in [0.15, 0.2) is 58.3 Å². The summed E-state index contributed by atoms with van der Waals surface area (Å²) in [6, 6.07) is 13.6. The van der Waals surface area contributed by atoms with Crippen LogP contribution in [0.3, 0.4) is 0 Å². The molecular weight excluding hydrogens is 358 g/mol. The van der Waals surface area contributed by atoms with Gasteiger partial charge in [-0.1, -0.05) is 42.5 Å². The Bertz CT molecular complexity index is 1020. The Balaban J connectivity index is 1.83. The maximum absolute atomic E-state index is 12.5. The van der Waals surface area contributed by atoms with Gasteiger partial charge in [-0.05, 0) is 18.6 Å². The first-order chi connectivity index (χ1) is 11.9. The van der Waals surface area contributed by atoms with Gasteiger partial charge in [0, 0.05) is 16.5 Å². The molecule has 1 heterocycles. The van der Waals surface area contributed by atoms with Crippen molar-refractivity contribution in [3.8, 4) is 17.0 Å². The highest BCUT2D eigenvalue weighted by atomic mass is 32.2. The molecule has 5 nitrogen and oxygen atoms in total. The molecule has 1 aromatic heterocycles. The minimum Gasteiger partial charge on any atom is -0.508 e. The molecule has 0 unspecified atom stereocenters. The van der Waals surface area contributed by atoms with E-state index in [1.54, 1.807) is 18.4 Å². The van der Waals surface area contributed by atoms with Crippen LogP contribution in [0.5, 0.6) is 5.75 Å². The SMILES string of the molecule is Cc1ccc(C(=O)CS(=O)(=O)c2nc(-c3ccccc3)cs2)cc1O. The van der Waals surface area contributed by atoms with Crippen LogP contribution in [0.25, 0.3) is 11.3 Å². The molecule has 0 amide bonds. The van der Waals surface area contributed by atoms with Crippen molar-refractivity contribution in [3.05, 3.63) is 65.0 Å². The number of sulfone groups is 1. The number of carbonyl (C=O) groups excluding carboxylic acids is 1. The lowest BCUT2D eigenvalue weighted by molar-refractivity contribution is 0.102. The number of ketones is 1. The van der Waals surface area contributed by atoms with E-state index in [2.05, 4.69) is 4.98 Å². The number of aromatic hydroxyl groups is 1. The van der Waals surface area contributed by atoms with Crippen molar-refractivity contribution >= 4 is 27.0 Å². The highest BCUT2D eigenvalue weighted by Gasteiger charge is 2.24. The van der Waals surface area contributed by atoms with Crippen LogP contribution < -0.4 is 0 Å². The zero-order valence-electron chi connectivity index (χ0n) is 13.3. The number of rotatable bonds is 5. The summed E-state index contributed by atoms with van der Waals surface area (Å²) in [4.78, 5) is 16.4. The molecule has 0 saturated carbocycles. The third kappa shape index (κ3) is 3.78. The average molecular weight is 373 g/mol. The van der Waals surface area contributed by atoms with E-state index >= 15 is 0 Å². The maximum Gasteiger partial charge on any atom is 0.212 e. The summed E-state index contributed by atoms with van der Waals surface area (Å²) in [6.45, 7) is 1.70. The standard InChI is InChI=1S/C18H15NO4S2/c1-12-7-8-14(9-16(12)20)17(21)11-25(22,23)18-19-15(10-24-18)13-5-3-2-4-6-13/h2-10,20H,11H2,1H3. The number of aromatic nitrogens is 1. The molecule has 3 aromatic rings. The molecular formula is C18H15NO4S2. The van der Waals surface area contributed by atoms with Crippen molar-refractivity contribution in [2.24, 2.45) is 0 Å². The third-order valence-electron chi connectivity index (χ3n) is 3.67. The second-order valence-electron chi connectivity index (χ2n) is 5.55. The largest absolute Gasteiger partial charge is 0.508 e. The van der Waals surface area contributed by atoms with Gasteiger partial charge in [0.2, 0.25) is 14.2 Å². The number of Topliss-reactive ketones (excluding diaryl/α,β-unsaturated/α-hetero) is 1. The summed E-state index contributed by atoms with van der Waals surface area (Å²) in [7, 11) is -3.84. The summed E-state index contributed by atoms with van der Waals surface area (Å²) >= 11 is 0.993. The summed E-state index contributed by atoms with van der Waals surface area (Å²) in [6.07, 6.45) is 0. The monoisotopic (exact) mass is 373 g/mol. The molecule has 128 valence electrons. The van der Waals surface area contributed by atoms with Crippen molar-refractivity contribution in [2.75, 3.05) is 5.75 Å². The number of benzene rings is 2. The van der Waals surface area contributed by atoms with Crippen molar-refractivity contribution in [1.82, 2.24) is 4.98 Å². The molecule has 2 aromatic carbocycles. The summed E-state index contributed by atoms with van der Waals surface area (Å²) < 4.78 is 24.9. The fourth-order valence-corrected chi connectivity index (χ4v) is 4.57. The Morgan fingerprint density at radius 3 is 2.56 bits per heavy atom. The van der Waals surface area contributed by atoms with Crippen LogP contribution in [0.2, 0.25) is 0 Å². The van der Waals surface area contributed by atoms with E-state index in [9.17, 15) is 18.3 Å². The Morgan fingerprint density at radius 1 is 1.16 bits per heavy atom. The van der Waals surface area contributed by atoms with Crippen molar-refractivity contribution < 1.29 is 18.3 Å². The van der Waals surface area contributed by atoms with Crippen LogP contribution in [-0.4, -0.2) is 30.0 Å². The van der Waals surface area contributed by atoms with E-state index in [1.807, 2.05) is 30.3 Å². The highest BCUT2D eigenvalue weighted by molar-refractivity contribution is 7.94. The predicted molar refractivity (Wildman–Crippen MR) is 96.8 cm³/mol. The van der Waals surface area contributed by atoms with E-state index in [1.165, 1.54) is 12.1 Å². The Morgan fingerprint density at radius 2 is 1.88 bits per heavy atom. The van der Waals surface area contributed by atoms with Crippen LogP contribution >= 0.6 is 11.3 Å². The molecule has 0 saturated heterocycles. The summed E-state index contributed by atoms with van der Waals surface area (Å²) in [5, 5.41) is 11.3. The number of carbonyl (C=O) groups is 1. The molecule has 0 aliphatic rings. The fraction of sp³-hybridized carbons (Fsp3) is 0.111. The van der Waals surface area contributed by atoms with Gasteiger partial charge in [0.25, 0.3) is 0 Å². The Labute approximate surface area is 149 Å². The molecule has 0 spiro atoms. The Hall–Kier alpha value is -2.51. The molecule has 3 rings (SSSR count). The predicted octanol–water partition coefficient (Wildman–Crippen LogP) is 3.48. The molecule has 0 aliphatic carbocycles. The zero-order valence-corrected chi connectivity index (χ0v) is 15.0. The van der Waals surface area contributed by atoms with Gasteiger partial charge in [-0.3, -0.25) is 4.79 Å². The maximum atomic E-state index is 12.5. The molecule has 0 fully saturated rings. The van der Waals surface area contributed by atoms with Gasteiger partial charge < -0.3 is 5.11 Å². The van der Waals surface area contributed by atoms with Gasteiger partial charge in [-0.2, -0.15) is 0 Å². The van der Waals surface area contributed by atoms with Gasteiger partial charge in [-0.25, -0.2) is 13.4 Å². The van der Waals surface area contributed by atoms with E-state index in [-0.39, 0.29) is 15.7 Å². The molecule has 25 heavy (non-hydrogen) atoms. The number of hydrogen-bond donors (Lipinski definition) is 1. The minimum absolute atomic E-state index is 0.0381. The quantitative estimate of drug-likeness (QED) is 0.692. The van der Waals surface area contributed by atoms with E-state index in [0.717, 1.165) is 16.9 Å². The second kappa shape index (κ2) is 6.78. The third-order valence-corrected chi connectivity index (χ3v) is 6.62. The molecule has 7 heteroatoms. The number of phenols is 1. The lowest BCUT2D eigenvalue weighted by atomic mass is 10.1. The van der Waals surface area contributed by atoms with Gasteiger partial charge >= 0.3 is 0 Å². The molecule has 0 atom stereocenters. The van der Waals surface area contributed by atoms with Crippen molar-refractivity contribution in [3.63, 3.8) is 0 Å². The van der Waals surface area contributed by atoms with Gasteiger partial charge in [-0.15, -0.1) is 11.3 Å². The Kier molecular flexibility index (Phi) is 4.69. The topological polar surface area (TPSA) is 84.3 Å². The van der Waals surface area contributed by atoms with Gasteiger partial charge in [0.1, 0.15) is 11.5 Å². The summed E-state index contributed by atoms with van der Waals surface area (Å²) in [5.41, 5.74) is 2.15. The molecule has 0 radical (unpaired) electrons. The van der Waals surface area contributed by atoms with Crippen LogP contribution in [0, 0.1) is 6.92 Å². The smallest absolute Gasteiger partial charge is 0.212 e. The van der Waals surface area contributed by atoms with Crippen LogP contribution in [0.4, 0.5) is 0 Å². The fourth-order valence-electron chi connectivity index (χ4n) is 2.24. The van der Waals surface area contributed by atoms with E-state index in [0.29, 0.717) is 11.3 Å². The number of phenolic OH excluding ortho intramolecular Hbond substituents is 1. The molecule has 0 bridgehead atoms. The normalized spacial score (nSPS) is 11.4. The van der Waals surface area contributed by atoms with Gasteiger partial charge in [0.05, 0.1) is 5.69 Å². The lowest BCUT2D eigenvalue weighted by Gasteiger charge is -2.04. The highest BCUT2D eigenvalue weighted by Crippen LogP contribution is 2.26. The van der Waals surface area contributed by atoms with Gasteiger partial charge in [0.15, 0.2) is 5.78 Å². The second-order valence-corrected chi connectivity index (χ2v) is 8.57. The summed E-state index contributed by atoms with van der Waals surface area (Å²) in [5.74, 6) is -1.30. The van der Waals surface area contributed by atoms with Crippen LogP contribution in [0.1, 0.15) is 15.9 Å². The zero-order chi connectivity index (χ0) is 18.0. The van der Waals surface area contributed by atoms with E-state index in [4.69, 9.17) is 0 Å². The first-order valence-electron chi connectivity index (χ1n) is 7.43. The number of thiazole rings is 1. The van der Waals surface area contributed by atoms with Crippen molar-refractivity contribution in [1.29, 1.82) is 0 Å². The number of hydrogen-bond acceptors (Lipinski definition) is 6. The average Bonchev–Trinajstić information content (AvgIpc) is 3.09. The first kappa shape index (κ1) is 17.3. The minimum atomic E-state index is -3.84. The van der Waals surface area contributed by atoms with Crippen LogP contribution in [-0.2, 0) is 9.84 Å². The first-order valence-corrected chi connectivity index (χ1v) is 9.96.